The summed E-state index contributed by atoms with van der Waals surface area (Å²) >= 11 is 0. The number of allylic oxidation sites excluding steroid dienone is 1. The van der Waals surface area contributed by atoms with Crippen molar-refractivity contribution in [3.05, 3.63) is 36.2 Å². The van der Waals surface area contributed by atoms with Gasteiger partial charge in [-0.3, -0.25) is 19.1 Å². The molecule has 4 amide bonds. The number of ether oxygens (including phenoxy) is 3. The van der Waals surface area contributed by atoms with Gasteiger partial charge in [0.2, 0.25) is 27.7 Å². The van der Waals surface area contributed by atoms with E-state index in [9.17, 15) is 37.1 Å². The molecular weight excluding hydrogens is 713 g/mol. The Kier molecular flexibility index (Phi) is 10.3. The summed E-state index contributed by atoms with van der Waals surface area (Å²) in [6.07, 6.45) is 4.11. The lowest BCUT2D eigenvalue weighted by Gasteiger charge is -2.32. The van der Waals surface area contributed by atoms with Crippen LogP contribution in [0.2, 0.25) is 0 Å². The molecule has 0 unspecified atom stereocenters. The van der Waals surface area contributed by atoms with Gasteiger partial charge in [-0.2, -0.15) is 0 Å². The van der Waals surface area contributed by atoms with Crippen LogP contribution in [0.5, 0.6) is 17.4 Å². The van der Waals surface area contributed by atoms with E-state index in [2.05, 4.69) is 20.3 Å². The average molecular weight is 760 g/mol. The van der Waals surface area contributed by atoms with Gasteiger partial charge in [-0.05, 0) is 63.4 Å². The van der Waals surface area contributed by atoms with Crippen LogP contribution >= 0.6 is 0 Å². The maximum atomic E-state index is 14.9. The van der Waals surface area contributed by atoms with Gasteiger partial charge in [0, 0.05) is 29.9 Å². The monoisotopic (exact) mass is 759 g/mol. The summed E-state index contributed by atoms with van der Waals surface area (Å²) < 4.78 is 59.1. The third kappa shape index (κ3) is 7.57. The molecule has 0 bridgehead atoms. The molecule has 17 heteroatoms. The lowest BCUT2D eigenvalue weighted by molar-refractivity contribution is -0.142. The number of hydrogen-bond donors (Lipinski definition) is 4. The molecule has 288 valence electrons. The minimum absolute atomic E-state index is 0.0520. The number of nitrogens with zero attached hydrogens (tertiary/aromatic N) is 2. The first kappa shape index (κ1) is 38.1. The van der Waals surface area contributed by atoms with E-state index in [0.717, 1.165) is 0 Å². The minimum Gasteiger partial charge on any atom is -0.494 e. The molecule has 0 radical (unpaired) electrons. The summed E-state index contributed by atoms with van der Waals surface area (Å²) in [5.41, 5.74) is -1.30. The molecule has 53 heavy (non-hydrogen) atoms. The van der Waals surface area contributed by atoms with Gasteiger partial charge in [-0.15, -0.1) is 0 Å². The van der Waals surface area contributed by atoms with Crippen molar-refractivity contribution in [2.24, 2.45) is 17.8 Å². The summed E-state index contributed by atoms with van der Waals surface area (Å²) in [5.74, 6) is -3.56. The number of benzene rings is 1. The van der Waals surface area contributed by atoms with Crippen LogP contribution in [0.3, 0.4) is 0 Å². The van der Waals surface area contributed by atoms with Gasteiger partial charge in [0.25, 0.3) is 5.91 Å². The van der Waals surface area contributed by atoms with Crippen LogP contribution in [-0.4, -0.2) is 96.5 Å². The standard InChI is InChI=1S/C36H46FN5O10S/c1-19-8-6-7-9-21-17-36(21,33(45)41-53(48,49)35(3)10-11-35)40-31(43)26-13-22(18-42(26)32(44)30(20(2)12-19)39-34(46)47)52-27-16-29(51-5)38-25-15-28(50-4)24(37)14-23(25)27/h7,9,14-16,19-22,26,30,39H,6,8,10-13,17-18H2,1-5H3,(H,40,43)(H,41,45)(H,46,47)/b9-7-/t19-,20-,21-,22-,26+,30+,36-/m1/s1. The van der Waals surface area contributed by atoms with Gasteiger partial charge in [0.05, 0.1) is 31.0 Å². The van der Waals surface area contributed by atoms with E-state index < -0.39 is 80.0 Å². The van der Waals surface area contributed by atoms with Gasteiger partial charge >= 0.3 is 6.09 Å². The SMILES string of the molecule is COc1cc(O[C@@H]2C[C@H]3C(=O)N[C@]4(C(=O)NS(=O)(=O)C5(C)CC5)C[C@H]4/C=C\CC[C@@H](C)C[C@@H](C)[C@H](NC(=O)O)C(=O)N3C2)c2cc(F)c(OC)cc2n1. The lowest BCUT2D eigenvalue weighted by atomic mass is 9.88. The van der Waals surface area contributed by atoms with E-state index in [-0.39, 0.29) is 48.1 Å². The molecule has 2 aliphatic carbocycles. The number of carbonyl (C=O) groups excluding carboxylic acids is 3. The predicted octanol–water partition coefficient (Wildman–Crippen LogP) is 3.26. The highest BCUT2D eigenvalue weighted by molar-refractivity contribution is 7.91. The third-order valence-electron chi connectivity index (χ3n) is 11.1. The Morgan fingerprint density at radius 3 is 2.49 bits per heavy atom. The quantitative estimate of drug-likeness (QED) is 0.288. The number of amides is 4. The molecule has 3 fully saturated rings. The van der Waals surface area contributed by atoms with Gasteiger partial charge < -0.3 is 34.9 Å². The summed E-state index contributed by atoms with van der Waals surface area (Å²) in [7, 11) is -1.32. The van der Waals surface area contributed by atoms with E-state index in [1.807, 2.05) is 19.1 Å². The second-order valence-electron chi connectivity index (χ2n) is 15.1. The average Bonchev–Trinajstić information content (AvgIpc) is 3.98. The Bertz CT molecular complexity index is 1960. The van der Waals surface area contributed by atoms with Gasteiger partial charge in [0.1, 0.15) is 29.5 Å². The van der Waals surface area contributed by atoms with E-state index in [0.29, 0.717) is 37.6 Å². The topological polar surface area (TPSA) is 203 Å². The number of aromatic nitrogens is 1. The van der Waals surface area contributed by atoms with Gasteiger partial charge in [-0.25, -0.2) is 22.6 Å². The van der Waals surface area contributed by atoms with Crippen LogP contribution in [0.1, 0.15) is 65.7 Å². The minimum atomic E-state index is -4.04. The smallest absolute Gasteiger partial charge is 0.405 e. The second-order valence-corrected chi connectivity index (χ2v) is 17.3. The Hall–Kier alpha value is -4.67. The number of hydrogen-bond acceptors (Lipinski definition) is 10. The number of rotatable bonds is 8. The molecule has 7 atom stereocenters. The zero-order valence-electron chi connectivity index (χ0n) is 30.3. The number of nitrogens with one attached hydrogen (secondary N) is 3. The number of carbonyl (C=O) groups is 4. The molecule has 1 saturated heterocycles. The van der Waals surface area contributed by atoms with E-state index in [1.165, 1.54) is 37.3 Å². The fraction of sp³-hybridized carbons (Fsp3) is 0.583. The number of sulfonamides is 1. The van der Waals surface area contributed by atoms with Gasteiger partial charge in [0.15, 0.2) is 11.6 Å². The maximum absolute atomic E-state index is 14.9. The van der Waals surface area contributed by atoms with E-state index in [4.69, 9.17) is 14.2 Å². The molecule has 6 rings (SSSR count). The molecule has 1 aromatic carbocycles. The number of halogens is 1. The number of methoxy groups -OCH3 is 2. The predicted molar refractivity (Wildman–Crippen MR) is 189 cm³/mol. The molecule has 4 N–H and O–H groups in total. The van der Waals surface area contributed by atoms with Crippen molar-refractivity contribution >= 4 is 44.7 Å². The highest BCUT2D eigenvalue weighted by Crippen LogP contribution is 2.48. The Morgan fingerprint density at radius 1 is 1.09 bits per heavy atom. The van der Waals surface area contributed by atoms with E-state index >= 15 is 0 Å². The maximum Gasteiger partial charge on any atom is 0.405 e. The highest BCUT2D eigenvalue weighted by atomic mass is 32.2. The van der Waals surface area contributed by atoms with Crippen LogP contribution in [0.25, 0.3) is 10.9 Å². The molecule has 1 aromatic heterocycles. The van der Waals surface area contributed by atoms with Crippen molar-refractivity contribution in [3.8, 4) is 17.4 Å². The molecule has 4 aliphatic rings. The number of pyridine rings is 1. The van der Waals surface area contributed by atoms with Crippen LogP contribution in [-0.2, 0) is 24.4 Å². The largest absolute Gasteiger partial charge is 0.494 e. The number of carboxylic acid groups (broad SMARTS) is 1. The molecule has 3 heterocycles. The van der Waals surface area contributed by atoms with Crippen LogP contribution in [0.4, 0.5) is 9.18 Å². The van der Waals surface area contributed by atoms with Crippen LogP contribution < -0.4 is 29.6 Å². The van der Waals surface area contributed by atoms with Crippen molar-refractivity contribution in [3.63, 3.8) is 0 Å². The van der Waals surface area contributed by atoms with Crippen LogP contribution in [0, 0.1) is 23.6 Å². The highest BCUT2D eigenvalue weighted by Gasteiger charge is 2.63. The summed E-state index contributed by atoms with van der Waals surface area (Å²) in [4.78, 5) is 60.1. The first-order valence-corrected chi connectivity index (χ1v) is 19.2. The normalized spacial score (nSPS) is 30.4. The molecule has 2 saturated carbocycles. The fourth-order valence-corrected chi connectivity index (χ4v) is 8.75. The Morgan fingerprint density at radius 2 is 1.83 bits per heavy atom. The lowest BCUT2D eigenvalue weighted by Crippen LogP contribution is -2.59. The second kappa shape index (κ2) is 14.3. The van der Waals surface area contributed by atoms with E-state index in [1.54, 1.807) is 13.8 Å². The zero-order chi connectivity index (χ0) is 38.5. The van der Waals surface area contributed by atoms with Crippen molar-refractivity contribution in [1.29, 1.82) is 0 Å². The van der Waals surface area contributed by atoms with Crippen molar-refractivity contribution < 1.29 is 51.3 Å². The molecule has 0 spiro atoms. The Balaban J connectivity index is 1.36. The summed E-state index contributed by atoms with van der Waals surface area (Å²) in [6.45, 7) is 5.16. The first-order valence-electron chi connectivity index (χ1n) is 17.7. The fourth-order valence-electron chi connectivity index (χ4n) is 7.44. The first-order chi connectivity index (χ1) is 25.0. The van der Waals surface area contributed by atoms with Crippen LogP contribution in [0.15, 0.2) is 30.4 Å². The molecule has 2 aliphatic heterocycles. The summed E-state index contributed by atoms with van der Waals surface area (Å²) in [6, 6.07) is 1.56. The Labute approximate surface area is 307 Å². The van der Waals surface area contributed by atoms with Crippen molar-refractivity contribution in [2.45, 2.75) is 94.2 Å². The van der Waals surface area contributed by atoms with Crippen molar-refractivity contribution in [2.75, 3.05) is 20.8 Å². The molecule has 2 aromatic rings. The third-order valence-corrected chi connectivity index (χ3v) is 13.2. The molecule has 15 nitrogen and oxygen atoms in total. The van der Waals surface area contributed by atoms with Crippen molar-refractivity contribution in [1.82, 2.24) is 25.2 Å². The zero-order valence-corrected chi connectivity index (χ0v) is 31.1. The number of fused-ring (bicyclic) bond motifs is 3. The molecular formula is C36H46FN5O10S. The van der Waals surface area contributed by atoms with Gasteiger partial charge in [-0.1, -0.05) is 26.0 Å². The summed E-state index contributed by atoms with van der Waals surface area (Å²) in [5, 5.41) is 15.2.